The Balaban J connectivity index is 2.66. The number of hydrogen-bond donors (Lipinski definition) is 0. The highest BCUT2D eigenvalue weighted by molar-refractivity contribution is 5.87. The van der Waals surface area contributed by atoms with Gasteiger partial charge < -0.3 is 4.74 Å². The highest BCUT2D eigenvalue weighted by Gasteiger charge is 2.17. The molecule has 0 aliphatic carbocycles. The van der Waals surface area contributed by atoms with Crippen molar-refractivity contribution in [2.45, 2.75) is 13.3 Å². The van der Waals surface area contributed by atoms with Crippen LogP contribution < -0.4 is 5.43 Å². The number of halogens is 1. The second-order valence-electron chi connectivity index (χ2n) is 4.10. The molecule has 6 heteroatoms. The van der Waals surface area contributed by atoms with Crippen LogP contribution in [0.15, 0.2) is 35.3 Å². The van der Waals surface area contributed by atoms with Crippen molar-refractivity contribution in [2.24, 2.45) is 0 Å². The summed E-state index contributed by atoms with van der Waals surface area (Å²) in [4.78, 5) is 23.6. The minimum Gasteiger partial charge on any atom is -0.464 e. The van der Waals surface area contributed by atoms with Gasteiger partial charge in [-0.2, -0.15) is 5.10 Å². The predicted molar refractivity (Wildman–Crippen MR) is 70.5 cm³/mol. The number of carbonyl (C=O) groups excluding carboxylic acids is 1. The average molecular weight is 276 g/mol. The van der Waals surface area contributed by atoms with Crippen molar-refractivity contribution in [2.75, 3.05) is 7.11 Å². The first-order valence-corrected chi connectivity index (χ1v) is 6.04. The van der Waals surface area contributed by atoms with E-state index in [0.29, 0.717) is 17.7 Å². The van der Waals surface area contributed by atoms with Crippen molar-refractivity contribution in [3.8, 4) is 5.69 Å². The highest BCUT2D eigenvalue weighted by atomic mass is 19.1. The Kier molecular flexibility index (Phi) is 3.93. The van der Waals surface area contributed by atoms with E-state index in [2.05, 4.69) is 9.84 Å². The van der Waals surface area contributed by atoms with E-state index in [1.165, 1.54) is 36.2 Å². The second-order valence-corrected chi connectivity index (χ2v) is 4.10. The molecular weight excluding hydrogens is 263 g/mol. The first kappa shape index (κ1) is 13.9. The molecule has 1 aromatic carbocycles. The number of benzene rings is 1. The van der Waals surface area contributed by atoms with E-state index >= 15 is 0 Å². The number of carbonyl (C=O) groups is 1. The number of rotatable bonds is 3. The third-order valence-electron chi connectivity index (χ3n) is 2.82. The van der Waals surface area contributed by atoms with Crippen LogP contribution in [-0.2, 0) is 11.2 Å². The Hall–Kier alpha value is -2.50. The smallest absolute Gasteiger partial charge is 0.362 e. The Morgan fingerprint density at radius 1 is 1.45 bits per heavy atom. The van der Waals surface area contributed by atoms with Crippen molar-refractivity contribution in [3.63, 3.8) is 0 Å². The van der Waals surface area contributed by atoms with E-state index in [1.807, 2.05) is 0 Å². The monoisotopic (exact) mass is 276 g/mol. The summed E-state index contributed by atoms with van der Waals surface area (Å²) in [6.07, 6.45) is 1.92. The maximum Gasteiger partial charge on any atom is 0.362 e. The molecule has 2 rings (SSSR count). The molecule has 0 fully saturated rings. The zero-order valence-corrected chi connectivity index (χ0v) is 11.1. The first-order valence-electron chi connectivity index (χ1n) is 6.04. The molecule has 0 spiro atoms. The van der Waals surface area contributed by atoms with Gasteiger partial charge in [-0.05, 0) is 24.6 Å². The van der Waals surface area contributed by atoms with Crippen molar-refractivity contribution in [1.29, 1.82) is 0 Å². The minimum atomic E-state index is -0.810. The number of esters is 1. The molecule has 0 saturated heterocycles. The standard InChI is InChI=1S/C14H13FN2O3/c1-3-9-8-17(11-6-4-5-10(15)7-11)16-12(13(9)18)14(19)20-2/h4-8H,3H2,1-2H3. The third kappa shape index (κ3) is 2.59. The number of aryl methyl sites for hydroxylation is 1. The molecule has 0 aliphatic heterocycles. The van der Waals surface area contributed by atoms with Crippen LogP contribution in [0.5, 0.6) is 0 Å². The van der Waals surface area contributed by atoms with Crippen molar-refractivity contribution < 1.29 is 13.9 Å². The first-order chi connectivity index (χ1) is 9.56. The van der Waals surface area contributed by atoms with Gasteiger partial charge in [-0.15, -0.1) is 0 Å². The molecule has 1 heterocycles. The lowest BCUT2D eigenvalue weighted by Crippen LogP contribution is -2.25. The van der Waals surface area contributed by atoms with Gasteiger partial charge in [0.1, 0.15) is 5.82 Å². The van der Waals surface area contributed by atoms with Gasteiger partial charge in [-0.25, -0.2) is 13.9 Å². The summed E-state index contributed by atoms with van der Waals surface area (Å²) in [7, 11) is 1.18. The molecule has 0 saturated carbocycles. The van der Waals surface area contributed by atoms with Gasteiger partial charge in [-0.3, -0.25) is 4.79 Å². The quantitative estimate of drug-likeness (QED) is 0.801. The van der Waals surface area contributed by atoms with E-state index < -0.39 is 17.2 Å². The average Bonchev–Trinajstić information content (AvgIpc) is 2.46. The number of hydrogen-bond acceptors (Lipinski definition) is 4. The van der Waals surface area contributed by atoms with Gasteiger partial charge >= 0.3 is 5.97 Å². The van der Waals surface area contributed by atoms with E-state index in [1.54, 1.807) is 13.0 Å². The molecule has 0 radical (unpaired) electrons. The fraction of sp³-hybridized carbons (Fsp3) is 0.214. The molecular formula is C14H13FN2O3. The van der Waals surface area contributed by atoms with Crippen LogP contribution in [0.25, 0.3) is 5.69 Å². The minimum absolute atomic E-state index is 0.309. The maximum absolute atomic E-state index is 13.2. The van der Waals surface area contributed by atoms with E-state index in [4.69, 9.17) is 0 Å². The Labute approximate surface area is 114 Å². The van der Waals surface area contributed by atoms with Crippen molar-refractivity contribution in [3.05, 3.63) is 57.8 Å². The van der Waals surface area contributed by atoms with Crippen molar-refractivity contribution in [1.82, 2.24) is 9.78 Å². The zero-order chi connectivity index (χ0) is 14.7. The fourth-order valence-corrected chi connectivity index (χ4v) is 1.77. The molecule has 1 aromatic heterocycles. The van der Waals surface area contributed by atoms with Crippen LogP contribution in [0.3, 0.4) is 0 Å². The molecule has 20 heavy (non-hydrogen) atoms. The zero-order valence-electron chi connectivity index (χ0n) is 11.1. The van der Waals surface area contributed by atoms with Gasteiger partial charge in [0.25, 0.3) is 0 Å². The lowest BCUT2D eigenvalue weighted by molar-refractivity contribution is 0.0590. The molecule has 0 bridgehead atoms. The van der Waals surface area contributed by atoms with Crippen LogP contribution >= 0.6 is 0 Å². The van der Waals surface area contributed by atoms with Crippen LogP contribution in [-0.4, -0.2) is 22.9 Å². The van der Waals surface area contributed by atoms with Crippen molar-refractivity contribution >= 4 is 5.97 Å². The van der Waals surface area contributed by atoms with Crippen LogP contribution in [0, 0.1) is 5.82 Å². The lowest BCUT2D eigenvalue weighted by atomic mass is 10.2. The van der Waals surface area contributed by atoms with Gasteiger partial charge in [0.15, 0.2) is 0 Å². The van der Waals surface area contributed by atoms with Crippen LogP contribution in [0.1, 0.15) is 23.0 Å². The summed E-state index contributed by atoms with van der Waals surface area (Å²) < 4.78 is 19.1. The van der Waals surface area contributed by atoms with Gasteiger partial charge in [0.05, 0.1) is 12.8 Å². The summed E-state index contributed by atoms with van der Waals surface area (Å²) in [6, 6.07) is 5.71. The predicted octanol–water partition coefficient (Wildman–Crippen LogP) is 1.72. The summed E-state index contributed by atoms with van der Waals surface area (Å²) >= 11 is 0. The second kappa shape index (κ2) is 5.64. The molecule has 0 aliphatic rings. The highest BCUT2D eigenvalue weighted by Crippen LogP contribution is 2.09. The number of nitrogens with zero attached hydrogens (tertiary/aromatic N) is 2. The summed E-state index contributed by atoms with van der Waals surface area (Å²) in [6.45, 7) is 1.79. The Morgan fingerprint density at radius 3 is 2.80 bits per heavy atom. The molecule has 0 N–H and O–H groups in total. The molecule has 0 unspecified atom stereocenters. The number of aromatic nitrogens is 2. The molecule has 5 nitrogen and oxygen atoms in total. The topological polar surface area (TPSA) is 61.2 Å². The van der Waals surface area contributed by atoms with Crippen LogP contribution in [0.4, 0.5) is 4.39 Å². The SMILES string of the molecule is CCc1cn(-c2cccc(F)c2)nc(C(=O)OC)c1=O. The molecule has 104 valence electrons. The summed E-state index contributed by atoms with van der Waals surface area (Å²) in [5.74, 6) is -1.24. The lowest BCUT2D eigenvalue weighted by Gasteiger charge is -2.09. The normalized spacial score (nSPS) is 10.3. The van der Waals surface area contributed by atoms with E-state index in [9.17, 15) is 14.0 Å². The Bertz CT molecular complexity index is 710. The Morgan fingerprint density at radius 2 is 2.20 bits per heavy atom. The summed E-state index contributed by atoms with van der Waals surface area (Å²) in [5.41, 5.74) is 0.0534. The largest absolute Gasteiger partial charge is 0.464 e. The molecule has 0 atom stereocenters. The van der Waals surface area contributed by atoms with Gasteiger partial charge in [0.2, 0.25) is 11.1 Å². The van der Waals surface area contributed by atoms with E-state index in [0.717, 1.165) is 0 Å². The number of methoxy groups -OCH3 is 1. The third-order valence-corrected chi connectivity index (χ3v) is 2.82. The van der Waals surface area contributed by atoms with Gasteiger partial charge in [0, 0.05) is 11.8 Å². The maximum atomic E-state index is 13.2. The van der Waals surface area contributed by atoms with E-state index in [-0.39, 0.29) is 5.69 Å². The molecule has 2 aromatic rings. The van der Waals surface area contributed by atoms with Crippen LogP contribution in [0.2, 0.25) is 0 Å². The molecule has 0 amide bonds. The number of ether oxygens (including phenoxy) is 1. The fourth-order valence-electron chi connectivity index (χ4n) is 1.77. The summed E-state index contributed by atoms with van der Waals surface area (Å²) in [5, 5.41) is 3.93. The van der Waals surface area contributed by atoms with Gasteiger partial charge in [-0.1, -0.05) is 13.0 Å².